The van der Waals surface area contributed by atoms with E-state index >= 15 is 0 Å². The number of nitro benzene ring substituents is 1. The van der Waals surface area contributed by atoms with Crippen LogP contribution in [0.3, 0.4) is 0 Å². The number of hydrogen-bond acceptors (Lipinski definition) is 5. The van der Waals surface area contributed by atoms with Crippen molar-refractivity contribution >= 4 is 28.3 Å². The van der Waals surface area contributed by atoms with Crippen LogP contribution in [0, 0.1) is 24.0 Å². The second-order valence-corrected chi connectivity index (χ2v) is 5.64. The zero-order chi connectivity index (χ0) is 18.1. The first-order chi connectivity index (χ1) is 11.9. The number of carbonyl (C=O) groups excluding carboxylic acids is 1. The minimum Gasteiger partial charge on any atom is -0.423 e. The van der Waals surface area contributed by atoms with E-state index in [1.807, 2.05) is 0 Å². The lowest BCUT2D eigenvalue weighted by Gasteiger charge is -2.08. The van der Waals surface area contributed by atoms with Crippen molar-refractivity contribution in [2.75, 3.05) is 5.32 Å². The maximum Gasteiger partial charge on any atom is 0.336 e. The van der Waals surface area contributed by atoms with Gasteiger partial charge in [-0.3, -0.25) is 14.9 Å². The van der Waals surface area contributed by atoms with Crippen molar-refractivity contribution in [2.24, 2.45) is 0 Å². The molecule has 126 valence electrons. The number of amides is 1. The van der Waals surface area contributed by atoms with E-state index in [4.69, 9.17) is 4.42 Å². The lowest BCUT2D eigenvalue weighted by molar-refractivity contribution is -0.385. The Kier molecular flexibility index (Phi) is 4.06. The highest BCUT2D eigenvalue weighted by atomic mass is 16.6. The van der Waals surface area contributed by atoms with E-state index in [0.717, 1.165) is 10.9 Å². The van der Waals surface area contributed by atoms with E-state index < -0.39 is 16.5 Å². The number of para-hydroxylation sites is 1. The summed E-state index contributed by atoms with van der Waals surface area (Å²) in [6.45, 7) is 3.36. The fraction of sp³-hybridized carbons (Fsp3) is 0.111. The molecule has 0 aliphatic rings. The van der Waals surface area contributed by atoms with Gasteiger partial charge in [0.25, 0.3) is 11.6 Å². The highest BCUT2D eigenvalue weighted by Gasteiger charge is 2.22. The van der Waals surface area contributed by atoms with Crippen molar-refractivity contribution in [3.05, 3.63) is 79.7 Å². The predicted octanol–water partition coefficient (Wildman–Crippen LogP) is 3.57. The quantitative estimate of drug-likeness (QED) is 0.447. The number of anilines is 1. The van der Waals surface area contributed by atoms with Crippen LogP contribution in [0.5, 0.6) is 0 Å². The molecule has 0 radical (unpaired) electrons. The van der Waals surface area contributed by atoms with Crippen LogP contribution >= 0.6 is 0 Å². The molecule has 25 heavy (non-hydrogen) atoms. The third kappa shape index (κ3) is 3.12. The summed E-state index contributed by atoms with van der Waals surface area (Å²) >= 11 is 0. The minimum absolute atomic E-state index is 0.0317. The molecular weight excluding hydrogens is 324 g/mol. The van der Waals surface area contributed by atoms with Crippen LogP contribution in [0.25, 0.3) is 11.0 Å². The van der Waals surface area contributed by atoms with E-state index in [9.17, 15) is 19.7 Å². The van der Waals surface area contributed by atoms with E-state index in [0.29, 0.717) is 16.8 Å². The number of nitro groups is 1. The average Bonchev–Trinajstić information content (AvgIpc) is 2.53. The van der Waals surface area contributed by atoms with Gasteiger partial charge in [0.1, 0.15) is 11.1 Å². The van der Waals surface area contributed by atoms with Gasteiger partial charge in [0.05, 0.1) is 4.92 Å². The molecule has 7 heteroatoms. The molecule has 2 aromatic carbocycles. The summed E-state index contributed by atoms with van der Waals surface area (Å²) in [4.78, 5) is 34.6. The lowest BCUT2D eigenvalue weighted by atomic mass is 10.1. The Hall–Kier alpha value is -3.48. The van der Waals surface area contributed by atoms with Gasteiger partial charge in [-0.05, 0) is 37.6 Å². The van der Waals surface area contributed by atoms with Gasteiger partial charge in [-0.1, -0.05) is 12.1 Å². The molecule has 0 bridgehead atoms. The molecule has 0 saturated heterocycles. The second-order valence-electron chi connectivity index (χ2n) is 5.64. The number of carbonyl (C=O) groups is 1. The van der Waals surface area contributed by atoms with Crippen molar-refractivity contribution in [3.63, 3.8) is 0 Å². The van der Waals surface area contributed by atoms with Crippen molar-refractivity contribution in [1.29, 1.82) is 0 Å². The van der Waals surface area contributed by atoms with Crippen LogP contribution in [-0.2, 0) is 0 Å². The van der Waals surface area contributed by atoms with Crippen LogP contribution in [-0.4, -0.2) is 10.8 Å². The van der Waals surface area contributed by atoms with E-state index in [-0.39, 0.29) is 11.3 Å². The van der Waals surface area contributed by atoms with Gasteiger partial charge < -0.3 is 9.73 Å². The highest BCUT2D eigenvalue weighted by Crippen LogP contribution is 2.25. The fourth-order valence-electron chi connectivity index (χ4n) is 2.69. The molecule has 7 nitrogen and oxygen atoms in total. The van der Waals surface area contributed by atoms with Crippen molar-refractivity contribution in [3.8, 4) is 0 Å². The topological polar surface area (TPSA) is 102 Å². The molecule has 0 spiro atoms. The number of hydrogen-bond donors (Lipinski definition) is 1. The summed E-state index contributed by atoms with van der Waals surface area (Å²) in [6, 6.07) is 10.8. The Balaban J connectivity index is 1.99. The Morgan fingerprint density at radius 3 is 2.60 bits per heavy atom. The van der Waals surface area contributed by atoms with E-state index in [2.05, 4.69) is 5.32 Å². The summed E-state index contributed by atoms with van der Waals surface area (Å²) in [5, 5.41) is 14.6. The number of rotatable bonds is 3. The molecule has 1 aromatic heterocycles. The predicted molar refractivity (Wildman–Crippen MR) is 93.0 cm³/mol. The Bertz CT molecular complexity index is 1070. The van der Waals surface area contributed by atoms with Crippen LogP contribution < -0.4 is 10.9 Å². The zero-order valence-corrected chi connectivity index (χ0v) is 13.5. The monoisotopic (exact) mass is 338 g/mol. The van der Waals surface area contributed by atoms with Crippen molar-refractivity contribution < 1.29 is 14.1 Å². The van der Waals surface area contributed by atoms with Crippen molar-refractivity contribution in [2.45, 2.75) is 13.8 Å². The highest BCUT2D eigenvalue weighted by molar-refractivity contribution is 6.08. The lowest BCUT2D eigenvalue weighted by Crippen LogP contribution is -2.14. The largest absolute Gasteiger partial charge is 0.423 e. The first-order valence-corrected chi connectivity index (χ1v) is 7.46. The van der Waals surface area contributed by atoms with Gasteiger partial charge in [0.2, 0.25) is 0 Å². The molecule has 0 fully saturated rings. The first-order valence-electron chi connectivity index (χ1n) is 7.46. The third-order valence-electron chi connectivity index (χ3n) is 3.87. The number of benzene rings is 2. The third-order valence-corrected chi connectivity index (χ3v) is 3.87. The zero-order valence-electron chi connectivity index (χ0n) is 13.5. The summed E-state index contributed by atoms with van der Waals surface area (Å²) in [6.07, 6.45) is 0. The number of fused-ring (bicyclic) bond motifs is 1. The van der Waals surface area contributed by atoms with Gasteiger partial charge in [-0.2, -0.15) is 0 Å². The fourth-order valence-corrected chi connectivity index (χ4v) is 2.69. The SMILES string of the molecule is Cc1cccc(C(=O)Nc2ccc3c(C)cc(=O)oc3c2)c1[N+](=O)[O-]. The molecule has 1 heterocycles. The Labute approximate surface area is 142 Å². The van der Waals surface area contributed by atoms with Crippen LogP contribution in [0.4, 0.5) is 11.4 Å². The molecule has 0 unspecified atom stereocenters. The molecule has 0 aliphatic heterocycles. The number of nitrogens with one attached hydrogen (secondary N) is 1. The smallest absolute Gasteiger partial charge is 0.336 e. The maximum absolute atomic E-state index is 12.5. The normalized spacial score (nSPS) is 10.6. The molecule has 3 rings (SSSR count). The van der Waals surface area contributed by atoms with Gasteiger partial charge in [-0.25, -0.2) is 4.79 Å². The summed E-state index contributed by atoms with van der Waals surface area (Å²) in [7, 11) is 0. The van der Waals surface area contributed by atoms with Gasteiger partial charge >= 0.3 is 5.63 Å². The molecule has 0 aliphatic carbocycles. The Morgan fingerprint density at radius 2 is 1.88 bits per heavy atom. The van der Waals surface area contributed by atoms with Gasteiger partial charge in [-0.15, -0.1) is 0 Å². The standard InChI is InChI=1S/C18H14N2O5/c1-10-4-3-5-14(17(10)20(23)24)18(22)19-12-6-7-13-11(2)8-16(21)25-15(13)9-12/h3-9H,1-2H3,(H,19,22). The molecule has 0 atom stereocenters. The van der Waals surface area contributed by atoms with E-state index in [1.165, 1.54) is 18.2 Å². The molecule has 3 aromatic rings. The molecule has 1 amide bonds. The summed E-state index contributed by atoms with van der Waals surface area (Å²) in [5.41, 5.74) is 1.13. The molecule has 1 N–H and O–H groups in total. The summed E-state index contributed by atoms with van der Waals surface area (Å²) in [5.74, 6) is -0.607. The molecule has 0 saturated carbocycles. The van der Waals surface area contributed by atoms with Crippen LogP contribution in [0.2, 0.25) is 0 Å². The summed E-state index contributed by atoms with van der Waals surface area (Å²) < 4.78 is 5.14. The van der Waals surface area contributed by atoms with Crippen LogP contribution in [0.15, 0.2) is 51.7 Å². The van der Waals surface area contributed by atoms with Crippen molar-refractivity contribution in [1.82, 2.24) is 0 Å². The van der Waals surface area contributed by atoms with Gasteiger partial charge in [0, 0.05) is 28.8 Å². The number of nitrogens with zero attached hydrogens (tertiary/aromatic N) is 1. The second kappa shape index (κ2) is 6.20. The first kappa shape index (κ1) is 16.4. The number of aryl methyl sites for hydroxylation is 2. The van der Waals surface area contributed by atoms with E-state index in [1.54, 1.807) is 38.1 Å². The molecular formula is C18H14N2O5. The average molecular weight is 338 g/mol. The van der Waals surface area contributed by atoms with Crippen LogP contribution in [0.1, 0.15) is 21.5 Å². The Morgan fingerprint density at radius 1 is 1.12 bits per heavy atom. The van der Waals surface area contributed by atoms with Gasteiger partial charge in [0.15, 0.2) is 0 Å². The maximum atomic E-state index is 12.5. The minimum atomic E-state index is -0.607.